The summed E-state index contributed by atoms with van der Waals surface area (Å²) in [6, 6.07) is 0. The van der Waals surface area contributed by atoms with E-state index in [1.807, 2.05) is 0 Å². The smallest absolute Gasteiger partial charge is 0.457 e. The maximum absolute atomic E-state index is 12.6. The Morgan fingerprint density at radius 3 is 1.43 bits per heavy atom. The molecule has 2 atom stereocenters. The SMILES string of the molecule is CCCCCCCC/C=C\CCCCCCCCOCC(COP(=O)(O)OCCN)OC(=O)CCCCCCC/C=C\CCCCCCCCC. The second-order valence-corrected chi connectivity index (χ2v) is 15.7. The first-order valence-electron chi connectivity index (χ1n) is 21.3. The molecule has 0 heterocycles. The maximum atomic E-state index is 12.6. The van der Waals surface area contributed by atoms with Crippen LogP contribution in [0, 0.1) is 0 Å². The molecule has 0 aromatic heterocycles. The van der Waals surface area contributed by atoms with Crippen molar-refractivity contribution >= 4 is 13.8 Å². The van der Waals surface area contributed by atoms with Crippen LogP contribution in [0.2, 0.25) is 0 Å². The Hall–Kier alpha value is -1.02. The molecule has 51 heavy (non-hydrogen) atoms. The van der Waals surface area contributed by atoms with E-state index in [0.29, 0.717) is 13.0 Å². The molecule has 0 aromatic rings. The van der Waals surface area contributed by atoms with Gasteiger partial charge in [-0.1, -0.05) is 154 Å². The van der Waals surface area contributed by atoms with Crippen LogP contribution >= 0.6 is 7.82 Å². The van der Waals surface area contributed by atoms with Gasteiger partial charge in [0.15, 0.2) is 0 Å². The zero-order valence-corrected chi connectivity index (χ0v) is 34.2. The molecule has 0 aliphatic heterocycles. The standard InChI is InChI=1S/C42H82NO7P/c1-3-5-7-9-11-13-15-17-19-21-23-25-27-29-31-33-35-42(44)50-41(40-49-51(45,46)48-38-36-43)39-47-37-34-32-30-28-26-24-22-20-18-16-14-12-10-8-6-4-2/h18-21,41H,3-17,22-40,43H2,1-2H3,(H,45,46)/b20-18-,21-19-. The van der Waals surface area contributed by atoms with Crippen molar-refractivity contribution in [3.8, 4) is 0 Å². The van der Waals surface area contributed by atoms with E-state index in [1.54, 1.807) is 0 Å². The summed E-state index contributed by atoms with van der Waals surface area (Å²) in [5.74, 6) is -0.339. The number of unbranched alkanes of at least 4 members (excludes halogenated alkanes) is 24. The molecule has 0 aromatic carbocycles. The van der Waals surface area contributed by atoms with Crippen molar-refractivity contribution in [1.82, 2.24) is 0 Å². The molecule has 0 radical (unpaired) electrons. The van der Waals surface area contributed by atoms with Gasteiger partial charge in [0.05, 0.1) is 19.8 Å². The number of ether oxygens (including phenoxy) is 2. The number of phosphoric ester groups is 1. The van der Waals surface area contributed by atoms with E-state index in [2.05, 4.69) is 38.2 Å². The van der Waals surface area contributed by atoms with Gasteiger partial charge in [-0.05, 0) is 64.2 Å². The molecule has 3 N–H and O–H groups in total. The quantitative estimate of drug-likeness (QED) is 0.0275. The summed E-state index contributed by atoms with van der Waals surface area (Å²) in [6.07, 6.45) is 43.3. The van der Waals surface area contributed by atoms with Crippen molar-refractivity contribution in [2.75, 3.05) is 33.0 Å². The van der Waals surface area contributed by atoms with Crippen molar-refractivity contribution < 1.29 is 32.8 Å². The highest BCUT2D eigenvalue weighted by molar-refractivity contribution is 7.47. The number of phosphoric acid groups is 1. The fraction of sp³-hybridized carbons (Fsp3) is 0.881. The van der Waals surface area contributed by atoms with Crippen LogP contribution in [-0.4, -0.2) is 49.9 Å². The van der Waals surface area contributed by atoms with E-state index >= 15 is 0 Å². The highest BCUT2D eigenvalue weighted by atomic mass is 31.2. The number of nitrogens with two attached hydrogens (primary N) is 1. The van der Waals surface area contributed by atoms with E-state index in [4.69, 9.17) is 24.3 Å². The zero-order chi connectivity index (χ0) is 37.4. The van der Waals surface area contributed by atoms with Gasteiger partial charge < -0.3 is 20.1 Å². The Labute approximate surface area is 315 Å². The molecule has 9 heteroatoms. The predicted molar refractivity (Wildman–Crippen MR) is 215 cm³/mol. The molecule has 0 aliphatic carbocycles. The third kappa shape index (κ3) is 40.0. The number of esters is 1. The van der Waals surface area contributed by atoms with E-state index in [1.165, 1.54) is 135 Å². The van der Waals surface area contributed by atoms with Gasteiger partial charge in [-0.3, -0.25) is 13.8 Å². The summed E-state index contributed by atoms with van der Waals surface area (Å²) in [6.45, 7) is 4.91. The van der Waals surface area contributed by atoms with E-state index in [9.17, 15) is 14.3 Å². The number of carbonyl (C=O) groups is 1. The second kappa shape index (κ2) is 40.2. The summed E-state index contributed by atoms with van der Waals surface area (Å²) in [5.41, 5.74) is 5.36. The lowest BCUT2D eigenvalue weighted by Crippen LogP contribution is -2.28. The first kappa shape index (κ1) is 50.0. The molecule has 0 bridgehead atoms. The van der Waals surface area contributed by atoms with Gasteiger partial charge >= 0.3 is 13.8 Å². The predicted octanol–water partition coefficient (Wildman–Crippen LogP) is 12.5. The van der Waals surface area contributed by atoms with Gasteiger partial charge in [0.25, 0.3) is 0 Å². The second-order valence-electron chi connectivity index (χ2n) is 14.2. The van der Waals surface area contributed by atoms with Crippen molar-refractivity contribution in [2.24, 2.45) is 5.73 Å². The summed E-state index contributed by atoms with van der Waals surface area (Å²) in [7, 11) is -4.28. The third-order valence-electron chi connectivity index (χ3n) is 9.09. The molecular formula is C42H82NO7P. The topological polar surface area (TPSA) is 117 Å². The van der Waals surface area contributed by atoms with Gasteiger partial charge in [0.2, 0.25) is 0 Å². The normalized spacial score (nSPS) is 13.7. The van der Waals surface area contributed by atoms with Gasteiger partial charge in [-0.25, -0.2) is 4.57 Å². The number of allylic oxidation sites excluding steroid dienone is 4. The van der Waals surface area contributed by atoms with Crippen LogP contribution in [0.25, 0.3) is 0 Å². The highest BCUT2D eigenvalue weighted by Crippen LogP contribution is 2.43. The minimum absolute atomic E-state index is 0.0970. The molecule has 0 aliphatic rings. The van der Waals surface area contributed by atoms with Crippen LogP contribution in [0.5, 0.6) is 0 Å². The molecule has 0 saturated heterocycles. The largest absolute Gasteiger partial charge is 0.472 e. The first-order valence-corrected chi connectivity index (χ1v) is 22.8. The molecule has 0 amide bonds. The Morgan fingerprint density at radius 2 is 0.980 bits per heavy atom. The summed E-state index contributed by atoms with van der Waals surface area (Å²) in [4.78, 5) is 22.4. The molecular weight excluding hydrogens is 661 g/mol. The fourth-order valence-corrected chi connectivity index (χ4v) is 6.69. The van der Waals surface area contributed by atoms with Gasteiger partial charge in [-0.15, -0.1) is 0 Å². The minimum Gasteiger partial charge on any atom is -0.457 e. The van der Waals surface area contributed by atoms with Crippen molar-refractivity contribution in [1.29, 1.82) is 0 Å². The Balaban J connectivity index is 4.05. The molecule has 2 unspecified atom stereocenters. The van der Waals surface area contributed by atoms with Crippen molar-refractivity contribution in [2.45, 2.75) is 206 Å². The van der Waals surface area contributed by atoms with Crippen LogP contribution in [-0.2, 0) is 27.9 Å². The van der Waals surface area contributed by atoms with Crippen molar-refractivity contribution in [3.05, 3.63) is 24.3 Å². The lowest BCUT2D eigenvalue weighted by Gasteiger charge is -2.20. The molecule has 0 fully saturated rings. The van der Waals surface area contributed by atoms with Crippen LogP contribution in [0.1, 0.15) is 200 Å². The minimum atomic E-state index is -4.28. The maximum Gasteiger partial charge on any atom is 0.472 e. The summed E-state index contributed by atoms with van der Waals surface area (Å²) >= 11 is 0. The summed E-state index contributed by atoms with van der Waals surface area (Å²) in [5, 5.41) is 0. The molecule has 0 saturated carbocycles. The lowest BCUT2D eigenvalue weighted by atomic mass is 10.1. The van der Waals surface area contributed by atoms with E-state index in [-0.39, 0.29) is 32.3 Å². The number of carbonyl (C=O) groups excluding carboxylic acids is 1. The van der Waals surface area contributed by atoms with Crippen LogP contribution in [0.3, 0.4) is 0 Å². The van der Waals surface area contributed by atoms with E-state index in [0.717, 1.165) is 44.9 Å². The molecule has 302 valence electrons. The zero-order valence-electron chi connectivity index (χ0n) is 33.3. The lowest BCUT2D eigenvalue weighted by molar-refractivity contribution is -0.154. The molecule has 8 nitrogen and oxygen atoms in total. The van der Waals surface area contributed by atoms with Crippen LogP contribution in [0.15, 0.2) is 24.3 Å². The number of rotatable bonds is 41. The first-order chi connectivity index (χ1) is 24.9. The average molecular weight is 744 g/mol. The van der Waals surface area contributed by atoms with Gasteiger partial charge in [0.1, 0.15) is 6.10 Å². The monoisotopic (exact) mass is 744 g/mol. The van der Waals surface area contributed by atoms with Crippen molar-refractivity contribution in [3.63, 3.8) is 0 Å². The Kier molecular flexibility index (Phi) is 39.4. The third-order valence-corrected chi connectivity index (χ3v) is 10.1. The summed E-state index contributed by atoms with van der Waals surface area (Å²) < 4.78 is 33.4. The Morgan fingerprint density at radius 1 is 0.569 bits per heavy atom. The molecule has 0 rings (SSSR count). The Bertz CT molecular complexity index is 838. The van der Waals surface area contributed by atoms with Crippen LogP contribution < -0.4 is 5.73 Å². The van der Waals surface area contributed by atoms with Gasteiger partial charge in [-0.2, -0.15) is 0 Å². The van der Waals surface area contributed by atoms with Gasteiger partial charge in [0, 0.05) is 19.6 Å². The number of hydrogen-bond donors (Lipinski definition) is 2. The highest BCUT2D eigenvalue weighted by Gasteiger charge is 2.25. The van der Waals surface area contributed by atoms with E-state index < -0.39 is 13.9 Å². The fourth-order valence-electron chi connectivity index (χ4n) is 5.93. The average Bonchev–Trinajstić information content (AvgIpc) is 3.12. The van der Waals surface area contributed by atoms with Crippen LogP contribution in [0.4, 0.5) is 0 Å². The molecule has 0 spiro atoms. The number of hydrogen-bond acceptors (Lipinski definition) is 7.